The second-order valence-corrected chi connectivity index (χ2v) is 3.65. The standard InChI is InChI=1S/C10H11ClN4O/c11-9-6-13-3-1-8(9)5-12-4-2-10-14-7-16-15-10/h1,3,6-7,12H,2,4-5H2. The van der Waals surface area contributed by atoms with E-state index in [1.807, 2.05) is 6.07 Å². The monoisotopic (exact) mass is 238 g/mol. The van der Waals surface area contributed by atoms with Crippen molar-refractivity contribution >= 4 is 11.6 Å². The van der Waals surface area contributed by atoms with E-state index >= 15 is 0 Å². The molecule has 6 heteroatoms. The van der Waals surface area contributed by atoms with E-state index in [1.54, 1.807) is 12.4 Å². The van der Waals surface area contributed by atoms with Gasteiger partial charge in [0.1, 0.15) is 0 Å². The normalized spacial score (nSPS) is 10.6. The van der Waals surface area contributed by atoms with Crippen LogP contribution in [0, 0.1) is 0 Å². The predicted octanol–water partition coefficient (Wildman–Crippen LogP) is 1.45. The van der Waals surface area contributed by atoms with Gasteiger partial charge in [0.2, 0.25) is 6.39 Å². The van der Waals surface area contributed by atoms with Gasteiger partial charge in [0.25, 0.3) is 0 Å². The molecule has 0 aliphatic heterocycles. The first-order chi connectivity index (χ1) is 7.86. The van der Waals surface area contributed by atoms with Crippen LogP contribution in [-0.4, -0.2) is 21.7 Å². The molecule has 2 rings (SSSR count). The summed E-state index contributed by atoms with van der Waals surface area (Å²) in [6.45, 7) is 1.48. The molecule has 1 N–H and O–H groups in total. The van der Waals surface area contributed by atoms with Crippen LogP contribution in [0.1, 0.15) is 11.4 Å². The van der Waals surface area contributed by atoms with Gasteiger partial charge in [-0.25, -0.2) is 0 Å². The first kappa shape index (κ1) is 11.0. The van der Waals surface area contributed by atoms with Crippen LogP contribution in [-0.2, 0) is 13.0 Å². The van der Waals surface area contributed by atoms with Gasteiger partial charge < -0.3 is 9.84 Å². The summed E-state index contributed by atoms with van der Waals surface area (Å²) < 4.78 is 4.63. The highest BCUT2D eigenvalue weighted by atomic mass is 35.5. The Balaban J connectivity index is 1.74. The Kier molecular flexibility index (Phi) is 3.85. The van der Waals surface area contributed by atoms with Gasteiger partial charge in [-0.05, 0) is 11.6 Å². The van der Waals surface area contributed by atoms with Crippen LogP contribution in [0.5, 0.6) is 0 Å². The highest BCUT2D eigenvalue weighted by Crippen LogP contribution is 2.12. The van der Waals surface area contributed by atoms with Crippen molar-refractivity contribution < 1.29 is 4.52 Å². The molecule has 0 radical (unpaired) electrons. The molecule has 0 bridgehead atoms. The predicted molar refractivity (Wildman–Crippen MR) is 59.0 cm³/mol. The number of pyridine rings is 1. The summed E-state index contributed by atoms with van der Waals surface area (Å²) in [5, 5.41) is 7.64. The number of nitrogens with zero attached hydrogens (tertiary/aromatic N) is 3. The number of nitrogens with one attached hydrogen (secondary N) is 1. The molecule has 0 aliphatic rings. The van der Waals surface area contributed by atoms with Gasteiger partial charge in [-0.15, -0.1) is 0 Å². The van der Waals surface area contributed by atoms with Gasteiger partial charge in [-0.3, -0.25) is 4.98 Å². The average Bonchev–Trinajstić information content (AvgIpc) is 2.79. The van der Waals surface area contributed by atoms with Crippen LogP contribution < -0.4 is 5.32 Å². The lowest BCUT2D eigenvalue weighted by atomic mass is 10.2. The minimum Gasteiger partial charge on any atom is -0.343 e. The van der Waals surface area contributed by atoms with Crippen LogP contribution in [0.25, 0.3) is 0 Å². The van der Waals surface area contributed by atoms with Crippen molar-refractivity contribution in [1.29, 1.82) is 0 Å². The maximum Gasteiger partial charge on any atom is 0.213 e. The third-order valence-corrected chi connectivity index (χ3v) is 2.44. The molecule has 0 atom stereocenters. The molecule has 0 fully saturated rings. The molecule has 0 saturated heterocycles. The SMILES string of the molecule is Clc1cnccc1CNCCc1ncon1. The molecular weight excluding hydrogens is 228 g/mol. The lowest BCUT2D eigenvalue weighted by Crippen LogP contribution is -2.17. The maximum absolute atomic E-state index is 5.96. The number of aromatic nitrogens is 3. The Morgan fingerprint density at radius 3 is 3.12 bits per heavy atom. The molecule has 5 nitrogen and oxygen atoms in total. The fourth-order valence-electron chi connectivity index (χ4n) is 1.27. The molecule has 2 heterocycles. The van der Waals surface area contributed by atoms with Gasteiger partial charge in [0, 0.05) is 31.9 Å². The fraction of sp³-hybridized carbons (Fsp3) is 0.300. The van der Waals surface area contributed by atoms with Crippen LogP contribution >= 0.6 is 11.6 Å². The molecule has 2 aromatic heterocycles. The van der Waals surface area contributed by atoms with Crippen molar-refractivity contribution in [2.24, 2.45) is 0 Å². The number of hydrogen-bond acceptors (Lipinski definition) is 5. The summed E-state index contributed by atoms with van der Waals surface area (Å²) in [6, 6.07) is 1.89. The van der Waals surface area contributed by atoms with Gasteiger partial charge in [0.05, 0.1) is 5.02 Å². The van der Waals surface area contributed by atoms with Crippen molar-refractivity contribution in [3.05, 3.63) is 41.3 Å². The van der Waals surface area contributed by atoms with Gasteiger partial charge in [-0.2, -0.15) is 4.98 Å². The number of halogens is 1. The first-order valence-electron chi connectivity index (χ1n) is 4.90. The van der Waals surface area contributed by atoms with Crippen molar-refractivity contribution in [3.8, 4) is 0 Å². The molecule has 0 saturated carbocycles. The van der Waals surface area contributed by atoms with E-state index in [0.29, 0.717) is 17.4 Å². The highest BCUT2D eigenvalue weighted by Gasteiger charge is 2.00. The van der Waals surface area contributed by atoms with E-state index in [1.165, 1.54) is 6.39 Å². The number of hydrogen-bond donors (Lipinski definition) is 1. The van der Waals surface area contributed by atoms with E-state index in [2.05, 4.69) is 25.0 Å². The van der Waals surface area contributed by atoms with Crippen LogP contribution in [0.4, 0.5) is 0 Å². The summed E-state index contributed by atoms with van der Waals surface area (Å²) in [6.07, 6.45) is 5.42. The molecule has 84 valence electrons. The Morgan fingerprint density at radius 2 is 2.38 bits per heavy atom. The summed E-state index contributed by atoms with van der Waals surface area (Å²) in [5.74, 6) is 0.702. The van der Waals surface area contributed by atoms with Crippen molar-refractivity contribution in [2.75, 3.05) is 6.54 Å². The lowest BCUT2D eigenvalue weighted by Gasteiger charge is -2.04. The second kappa shape index (κ2) is 5.58. The van der Waals surface area contributed by atoms with Gasteiger partial charge in [-0.1, -0.05) is 16.8 Å². The minimum absolute atomic E-state index is 0.676. The molecule has 0 unspecified atom stereocenters. The fourth-order valence-corrected chi connectivity index (χ4v) is 1.46. The zero-order valence-electron chi connectivity index (χ0n) is 8.56. The van der Waals surface area contributed by atoms with E-state index in [0.717, 1.165) is 18.5 Å². The molecule has 0 spiro atoms. The molecule has 0 amide bonds. The summed E-state index contributed by atoms with van der Waals surface area (Å²) in [5.41, 5.74) is 1.03. The minimum atomic E-state index is 0.676. The average molecular weight is 239 g/mol. The Morgan fingerprint density at radius 1 is 1.44 bits per heavy atom. The molecule has 2 aromatic rings. The zero-order valence-corrected chi connectivity index (χ0v) is 9.31. The van der Waals surface area contributed by atoms with Crippen molar-refractivity contribution in [3.63, 3.8) is 0 Å². The van der Waals surface area contributed by atoms with Crippen LogP contribution in [0.2, 0.25) is 5.02 Å². The lowest BCUT2D eigenvalue weighted by molar-refractivity contribution is 0.409. The zero-order chi connectivity index (χ0) is 11.2. The summed E-state index contributed by atoms with van der Waals surface area (Å²) in [4.78, 5) is 7.85. The van der Waals surface area contributed by atoms with Crippen molar-refractivity contribution in [1.82, 2.24) is 20.4 Å². The third kappa shape index (κ3) is 3.01. The molecule has 0 aromatic carbocycles. The quantitative estimate of drug-likeness (QED) is 0.799. The van der Waals surface area contributed by atoms with E-state index < -0.39 is 0 Å². The molecular formula is C10H11ClN4O. The Labute approximate surface area is 97.8 Å². The van der Waals surface area contributed by atoms with Crippen LogP contribution in [0.15, 0.2) is 29.4 Å². The Bertz CT molecular complexity index is 432. The van der Waals surface area contributed by atoms with Gasteiger partial charge in [0.15, 0.2) is 5.82 Å². The van der Waals surface area contributed by atoms with Crippen molar-refractivity contribution in [2.45, 2.75) is 13.0 Å². The van der Waals surface area contributed by atoms with Gasteiger partial charge >= 0.3 is 0 Å². The van der Waals surface area contributed by atoms with E-state index in [-0.39, 0.29) is 0 Å². The molecule has 16 heavy (non-hydrogen) atoms. The number of rotatable bonds is 5. The highest BCUT2D eigenvalue weighted by molar-refractivity contribution is 6.31. The smallest absolute Gasteiger partial charge is 0.213 e. The topological polar surface area (TPSA) is 63.8 Å². The largest absolute Gasteiger partial charge is 0.343 e. The van der Waals surface area contributed by atoms with Crippen LogP contribution in [0.3, 0.4) is 0 Å². The summed E-state index contributed by atoms with van der Waals surface area (Å²) >= 11 is 5.96. The second-order valence-electron chi connectivity index (χ2n) is 3.24. The maximum atomic E-state index is 5.96. The Hall–Kier alpha value is -1.46. The van der Waals surface area contributed by atoms with E-state index in [4.69, 9.17) is 11.6 Å². The first-order valence-corrected chi connectivity index (χ1v) is 5.28. The summed E-state index contributed by atoms with van der Waals surface area (Å²) in [7, 11) is 0. The third-order valence-electron chi connectivity index (χ3n) is 2.10. The molecule has 0 aliphatic carbocycles. The van der Waals surface area contributed by atoms with E-state index in [9.17, 15) is 0 Å².